The highest BCUT2D eigenvalue weighted by Crippen LogP contribution is 2.39. The summed E-state index contributed by atoms with van der Waals surface area (Å²) in [5, 5.41) is 2.73. The number of nitrogens with zero attached hydrogens (tertiary/aromatic N) is 1. The summed E-state index contributed by atoms with van der Waals surface area (Å²) in [6.07, 6.45) is 6.17. The highest BCUT2D eigenvalue weighted by Gasteiger charge is 2.29. The average Bonchev–Trinajstić information content (AvgIpc) is 3.21. The summed E-state index contributed by atoms with van der Waals surface area (Å²) < 4.78 is 14.6. The van der Waals surface area contributed by atoms with Crippen molar-refractivity contribution in [1.82, 2.24) is 4.57 Å². The Morgan fingerprint density at radius 1 is 1.33 bits per heavy atom. The topological polar surface area (TPSA) is 60.0 Å². The molecule has 1 unspecified atom stereocenters. The van der Waals surface area contributed by atoms with Crippen LogP contribution < -0.4 is 11.1 Å². The van der Waals surface area contributed by atoms with E-state index < -0.39 is 0 Å². The van der Waals surface area contributed by atoms with Crippen LogP contribution in [0.3, 0.4) is 0 Å². The van der Waals surface area contributed by atoms with Crippen LogP contribution >= 0.6 is 0 Å². The summed E-state index contributed by atoms with van der Waals surface area (Å²) in [6.45, 7) is 0.217. The Morgan fingerprint density at radius 3 is 2.71 bits per heavy atom. The van der Waals surface area contributed by atoms with E-state index in [2.05, 4.69) is 5.32 Å². The summed E-state index contributed by atoms with van der Waals surface area (Å²) in [5.41, 5.74) is 7.80. The zero-order chi connectivity index (χ0) is 14.8. The smallest absolute Gasteiger partial charge is 0.244 e. The second-order valence-corrected chi connectivity index (χ2v) is 5.54. The van der Waals surface area contributed by atoms with Gasteiger partial charge >= 0.3 is 0 Å². The molecular formula is C16H18FN3O. The number of halogens is 1. The molecule has 4 nitrogen and oxygen atoms in total. The number of carbonyl (C=O) groups is 1. The Hall–Kier alpha value is -2.14. The Morgan fingerprint density at radius 2 is 2.05 bits per heavy atom. The number of anilines is 1. The van der Waals surface area contributed by atoms with Gasteiger partial charge in [0.2, 0.25) is 5.91 Å². The maximum atomic E-state index is 12.8. The van der Waals surface area contributed by atoms with Crippen LogP contribution in [-0.2, 0) is 11.3 Å². The van der Waals surface area contributed by atoms with Gasteiger partial charge in [-0.15, -0.1) is 0 Å². The number of carbonyl (C=O) groups excluding carboxylic acids is 1. The van der Waals surface area contributed by atoms with Crippen LogP contribution in [0.25, 0.3) is 0 Å². The molecule has 0 spiro atoms. The molecule has 1 aliphatic rings. The lowest BCUT2D eigenvalue weighted by atomic mass is 10.1. The number of hydrogen-bond acceptors (Lipinski definition) is 2. The van der Waals surface area contributed by atoms with Crippen LogP contribution in [0.4, 0.5) is 10.1 Å². The monoisotopic (exact) mass is 287 g/mol. The van der Waals surface area contributed by atoms with Crippen molar-refractivity contribution in [2.45, 2.75) is 25.4 Å². The lowest BCUT2D eigenvalue weighted by Gasteiger charge is -2.08. The maximum absolute atomic E-state index is 12.8. The minimum atomic E-state index is -0.322. The summed E-state index contributed by atoms with van der Waals surface area (Å²) in [4.78, 5) is 11.9. The maximum Gasteiger partial charge on any atom is 0.244 e. The third-order valence-corrected chi connectivity index (χ3v) is 3.74. The molecule has 1 saturated carbocycles. The van der Waals surface area contributed by atoms with E-state index in [4.69, 9.17) is 5.73 Å². The summed E-state index contributed by atoms with van der Waals surface area (Å²) in [7, 11) is 0. The van der Waals surface area contributed by atoms with E-state index in [1.54, 1.807) is 0 Å². The predicted octanol–water partition coefficient (Wildman–Crippen LogP) is 2.68. The van der Waals surface area contributed by atoms with Crippen LogP contribution in [0, 0.1) is 11.7 Å². The van der Waals surface area contributed by atoms with Gasteiger partial charge in [-0.05, 0) is 54.7 Å². The van der Waals surface area contributed by atoms with E-state index in [-0.39, 0.29) is 24.3 Å². The summed E-state index contributed by atoms with van der Waals surface area (Å²) in [5.74, 6) is 0.120. The molecule has 0 saturated heterocycles. The fourth-order valence-corrected chi connectivity index (χ4v) is 2.38. The quantitative estimate of drug-likeness (QED) is 0.888. The van der Waals surface area contributed by atoms with E-state index >= 15 is 0 Å². The van der Waals surface area contributed by atoms with Gasteiger partial charge in [-0.3, -0.25) is 4.79 Å². The van der Waals surface area contributed by atoms with Crippen LogP contribution in [0.15, 0.2) is 42.7 Å². The fourth-order valence-electron chi connectivity index (χ4n) is 2.38. The van der Waals surface area contributed by atoms with Crippen molar-refractivity contribution < 1.29 is 9.18 Å². The largest absolute Gasteiger partial charge is 0.345 e. The Kier molecular flexibility index (Phi) is 3.75. The molecule has 3 rings (SSSR count). The van der Waals surface area contributed by atoms with Gasteiger partial charge in [0.25, 0.3) is 0 Å². The van der Waals surface area contributed by atoms with Crippen molar-refractivity contribution in [3.8, 4) is 0 Å². The average molecular weight is 287 g/mol. The molecule has 1 heterocycles. The molecule has 0 radical (unpaired) electrons. The van der Waals surface area contributed by atoms with E-state index in [9.17, 15) is 9.18 Å². The van der Waals surface area contributed by atoms with Crippen molar-refractivity contribution in [3.05, 3.63) is 54.1 Å². The van der Waals surface area contributed by atoms with E-state index in [0.29, 0.717) is 11.6 Å². The number of hydrogen-bond donors (Lipinski definition) is 2. The first-order chi connectivity index (χ1) is 10.1. The first-order valence-electron chi connectivity index (χ1n) is 7.08. The number of aromatic nitrogens is 1. The molecule has 1 amide bonds. The van der Waals surface area contributed by atoms with Crippen molar-refractivity contribution >= 4 is 11.6 Å². The second kappa shape index (κ2) is 5.69. The lowest BCUT2D eigenvalue weighted by molar-refractivity contribution is -0.116. The summed E-state index contributed by atoms with van der Waals surface area (Å²) >= 11 is 0. The third-order valence-electron chi connectivity index (χ3n) is 3.74. The Balaban J connectivity index is 1.58. The molecule has 1 atom stereocenters. The van der Waals surface area contributed by atoms with Crippen LogP contribution in [-0.4, -0.2) is 10.5 Å². The van der Waals surface area contributed by atoms with Gasteiger partial charge in [-0.2, -0.15) is 0 Å². The third kappa shape index (κ3) is 3.49. The molecule has 3 N–H and O–H groups in total. The van der Waals surface area contributed by atoms with Crippen LogP contribution in [0.5, 0.6) is 0 Å². The van der Waals surface area contributed by atoms with Gasteiger partial charge in [-0.1, -0.05) is 0 Å². The molecule has 1 aromatic heterocycles. The van der Waals surface area contributed by atoms with Crippen molar-refractivity contribution in [2.24, 2.45) is 11.7 Å². The highest BCUT2D eigenvalue weighted by atomic mass is 19.1. The molecule has 1 aromatic carbocycles. The van der Waals surface area contributed by atoms with Crippen LogP contribution in [0.1, 0.15) is 24.4 Å². The molecule has 1 aliphatic carbocycles. The number of rotatable bonds is 5. The van der Waals surface area contributed by atoms with Gasteiger partial charge in [0, 0.05) is 24.1 Å². The fraction of sp³-hybridized carbons (Fsp3) is 0.312. The first-order valence-corrected chi connectivity index (χ1v) is 7.08. The van der Waals surface area contributed by atoms with Gasteiger partial charge < -0.3 is 15.6 Å². The second-order valence-electron chi connectivity index (χ2n) is 5.54. The minimum Gasteiger partial charge on any atom is -0.345 e. The number of nitrogens with one attached hydrogen (secondary N) is 1. The predicted molar refractivity (Wildman–Crippen MR) is 79.1 cm³/mol. The standard InChI is InChI=1S/C16H18FN3O/c17-13-3-5-14(6-4-13)19-15(21)10-20-8-7-12(9-20)16(18)11-1-2-11/h3-9,11,16H,1-2,10,18H2,(H,19,21). The van der Waals surface area contributed by atoms with Gasteiger partial charge in [0.05, 0.1) is 0 Å². The Bertz CT molecular complexity index is 631. The number of nitrogens with two attached hydrogens (primary N) is 1. The number of amides is 1. The van der Waals surface area contributed by atoms with Crippen molar-refractivity contribution in [1.29, 1.82) is 0 Å². The summed E-state index contributed by atoms with van der Waals surface area (Å²) in [6, 6.07) is 7.75. The number of benzene rings is 1. The highest BCUT2D eigenvalue weighted by molar-refractivity contribution is 5.90. The zero-order valence-corrected chi connectivity index (χ0v) is 11.6. The lowest BCUT2D eigenvalue weighted by Crippen LogP contribution is -2.18. The molecular weight excluding hydrogens is 269 g/mol. The van der Waals surface area contributed by atoms with Crippen molar-refractivity contribution in [3.63, 3.8) is 0 Å². The molecule has 110 valence electrons. The molecule has 5 heteroatoms. The molecule has 0 aliphatic heterocycles. The van der Waals surface area contributed by atoms with Crippen molar-refractivity contribution in [2.75, 3.05) is 5.32 Å². The normalized spacial score (nSPS) is 15.7. The minimum absolute atomic E-state index is 0.0754. The first kappa shape index (κ1) is 13.8. The molecule has 0 bridgehead atoms. The van der Waals surface area contributed by atoms with Crippen LogP contribution in [0.2, 0.25) is 0 Å². The molecule has 2 aromatic rings. The molecule has 1 fully saturated rings. The Labute approximate surface area is 122 Å². The van der Waals surface area contributed by atoms with Gasteiger partial charge in [0.15, 0.2) is 0 Å². The SMILES string of the molecule is NC(c1ccn(CC(=O)Nc2ccc(F)cc2)c1)C1CC1. The van der Waals surface area contributed by atoms with E-state index in [0.717, 1.165) is 5.56 Å². The van der Waals surface area contributed by atoms with Gasteiger partial charge in [-0.25, -0.2) is 4.39 Å². The molecule has 21 heavy (non-hydrogen) atoms. The zero-order valence-electron chi connectivity index (χ0n) is 11.6. The van der Waals surface area contributed by atoms with E-state index in [1.165, 1.54) is 37.1 Å². The van der Waals surface area contributed by atoms with Gasteiger partial charge in [0.1, 0.15) is 12.4 Å². The van der Waals surface area contributed by atoms with E-state index in [1.807, 2.05) is 23.0 Å².